The van der Waals surface area contributed by atoms with Gasteiger partial charge in [0.25, 0.3) is 0 Å². The fraction of sp³-hybridized carbons (Fsp3) is 0.333. The molecule has 1 aromatic carbocycles. The number of rotatable bonds is 5. The van der Waals surface area contributed by atoms with E-state index >= 15 is 0 Å². The highest BCUT2D eigenvalue weighted by Crippen LogP contribution is 2.28. The Kier molecular flexibility index (Phi) is 4.05. The van der Waals surface area contributed by atoms with Crippen molar-refractivity contribution < 1.29 is 9.52 Å². The highest BCUT2D eigenvalue weighted by molar-refractivity contribution is 5.54. The summed E-state index contributed by atoms with van der Waals surface area (Å²) in [7, 11) is 2.02. The van der Waals surface area contributed by atoms with Crippen LogP contribution in [0.25, 0.3) is 0 Å². The molecule has 0 amide bonds. The summed E-state index contributed by atoms with van der Waals surface area (Å²) in [6, 6.07) is 9.93. The second-order valence-corrected chi connectivity index (χ2v) is 4.47. The first-order valence-corrected chi connectivity index (χ1v) is 6.21. The van der Waals surface area contributed by atoms with Crippen molar-refractivity contribution in [3.05, 3.63) is 54.0 Å². The van der Waals surface area contributed by atoms with Gasteiger partial charge in [0.1, 0.15) is 0 Å². The van der Waals surface area contributed by atoms with Crippen molar-refractivity contribution >= 4 is 5.69 Å². The fourth-order valence-electron chi connectivity index (χ4n) is 2.08. The molecule has 1 atom stereocenters. The molecule has 0 fully saturated rings. The lowest BCUT2D eigenvalue weighted by molar-refractivity contribution is 0.174. The highest BCUT2D eigenvalue weighted by Gasteiger charge is 2.13. The van der Waals surface area contributed by atoms with Gasteiger partial charge in [-0.05, 0) is 18.6 Å². The molecule has 0 aliphatic heterocycles. The van der Waals surface area contributed by atoms with Gasteiger partial charge in [-0.25, -0.2) is 0 Å². The van der Waals surface area contributed by atoms with Crippen LogP contribution in [-0.2, 0) is 6.54 Å². The van der Waals surface area contributed by atoms with E-state index in [2.05, 4.69) is 4.90 Å². The number of benzene rings is 1. The van der Waals surface area contributed by atoms with Crippen LogP contribution in [0.1, 0.15) is 30.6 Å². The van der Waals surface area contributed by atoms with Crippen molar-refractivity contribution in [3.8, 4) is 0 Å². The molecular formula is C15H19NO2. The summed E-state index contributed by atoms with van der Waals surface area (Å²) in [6.45, 7) is 2.75. The summed E-state index contributed by atoms with van der Waals surface area (Å²) in [5, 5.41) is 10.0. The van der Waals surface area contributed by atoms with Crippen LogP contribution in [0.5, 0.6) is 0 Å². The first kappa shape index (κ1) is 12.7. The molecule has 0 aliphatic carbocycles. The van der Waals surface area contributed by atoms with Crippen LogP contribution in [0.15, 0.2) is 47.3 Å². The van der Waals surface area contributed by atoms with E-state index in [0.717, 1.165) is 29.8 Å². The van der Waals surface area contributed by atoms with E-state index in [0.29, 0.717) is 0 Å². The lowest BCUT2D eigenvalue weighted by Gasteiger charge is -2.23. The number of anilines is 1. The third-order valence-corrected chi connectivity index (χ3v) is 3.09. The molecule has 3 nitrogen and oxygen atoms in total. The maximum Gasteiger partial charge on any atom is 0.0952 e. The van der Waals surface area contributed by atoms with Crippen LogP contribution in [0, 0.1) is 0 Å². The third kappa shape index (κ3) is 2.74. The number of nitrogens with zero attached hydrogens (tertiary/aromatic N) is 1. The number of hydrogen-bond acceptors (Lipinski definition) is 3. The predicted molar refractivity (Wildman–Crippen MR) is 72.5 cm³/mol. The maximum absolute atomic E-state index is 10.0. The normalized spacial score (nSPS) is 12.4. The number of aliphatic hydroxyl groups excluding tert-OH is 1. The molecule has 2 rings (SSSR count). The van der Waals surface area contributed by atoms with Gasteiger partial charge in [0.2, 0.25) is 0 Å². The Bertz CT molecular complexity index is 479. The standard InChI is InChI=1S/C15H19NO2/c1-3-15(17)13-6-4-5-7-14(13)16(2)10-12-8-9-18-11-12/h4-9,11,15,17H,3,10H2,1-2H3/t15-/m0/s1. The van der Waals surface area contributed by atoms with Crippen LogP contribution >= 0.6 is 0 Å². The average molecular weight is 245 g/mol. The molecule has 1 heterocycles. The summed E-state index contributed by atoms with van der Waals surface area (Å²) in [4.78, 5) is 2.12. The summed E-state index contributed by atoms with van der Waals surface area (Å²) < 4.78 is 5.07. The SMILES string of the molecule is CC[C@H](O)c1ccccc1N(C)Cc1ccoc1. The lowest BCUT2D eigenvalue weighted by Crippen LogP contribution is -2.18. The van der Waals surface area contributed by atoms with Gasteiger partial charge in [0.15, 0.2) is 0 Å². The molecule has 0 radical (unpaired) electrons. The molecular weight excluding hydrogens is 226 g/mol. The van der Waals surface area contributed by atoms with Gasteiger partial charge in [0, 0.05) is 30.4 Å². The van der Waals surface area contributed by atoms with E-state index in [9.17, 15) is 5.11 Å². The molecule has 96 valence electrons. The van der Waals surface area contributed by atoms with Crippen molar-refractivity contribution in [3.63, 3.8) is 0 Å². The van der Waals surface area contributed by atoms with E-state index in [1.54, 1.807) is 12.5 Å². The highest BCUT2D eigenvalue weighted by atomic mass is 16.3. The minimum atomic E-state index is -0.409. The molecule has 2 aromatic rings. The number of aliphatic hydroxyl groups is 1. The van der Waals surface area contributed by atoms with Crippen LogP contribution in [0.3, 0.4) is 0 Å². The van der Waals surface area contributed by atoms with Gasteiger partial charge in [0.05, 0.1) is 18.6 Å². The molecule has 3 heteroatoms. The maximum atomic E-state index is 10.0. The molecule has 0 saturated carbocycles. The van der Waals surface area contributed by atoms with E-state index in [4.69, 9.17) is 4.42 Å². The molecule has 0 spiro atoms. The van der Waals surface area contributed by atoms with Gasteiger partial charge < -0.3 is 14.4 Å². The largest absolute Gasteiger partial charge is 0.472 e. The Morgan fingerprint density at radius 1 is 1.28 bits per heavy atom. The van der Waals surface area contributed by atoms with Crippen LogP contribution in [-0.4, -0.2) is 12.2 Å². The van der Waals surface area contributed by atoms with Gasteiger partial charge in [-0.2, -0.15) is 0 Å². The number of hydrogen-bond donors (Lipinski definition) is 1. The Morgan fingerprint density at radius 3 is 2.72 bits per heavy atom. The smallest absolute Gasteiger partial charge is 0.0952 e. The molecule has 18 heavy (non-hydrogen) atoms. The molecule has 0 aliphatic rings. The topological polar surface area (TPSA) is 36.6 Å². The number of para-hydroxylation sites is 1. The molecule has 0 bridgehead atoms. The van der Waals surface area contributed by atoms with E-state index in [-0.39, 0.29) is 0 Å². The first-order chi connectivity index (χ1) is 8.72. The van der Waals surface area contributed by atoms with Gasteiger partial charge in [-0.3, -0.25) is 0 Å². The van der Waals surface area contributed by atoms with Gasteiger partial charge in [-0.1, -0.05) is 25.1 Å². The lowest BCUT2D eigenvalue weighted by atomic mass is 10.0. The zero-order chi connectivity index (χ0) is 13.0. The van der Waals surface area contributed by atoms with E-state index < -0.39 is 6.10 Å². The Morgan fingerprint density at radius 2 is 2.06 bits per heavy atom. The second kappa shape index (κ2) is 5.74. The molecule has 1 N–H and O–H groups in total. The zero-order valence-electron chi connectivity index (χ0n) is 10.8. The summed E-state index contributed by atoms with van der Waals surface area (Å²) in [5.74, 6) is 0. The van der Waals surface area contributed by atoms with Crippen molar-refractivity contribution in [2.45, 2.75) is 26.0 Å². The van der Waals surface area contributed by atoms with E-state index in [1.807, 2.05) is 44.3 Å². The second-order valence-electron chi connectivity index (χ2n) is 4.47. The molecule has 1 aromatic heterocycles. The van der Waals surface area contributed by atoms with Gasteiger partial charge >= 0.3 is 0 Å². The Balaban J connectivity index is 2.21. The molecule has 0 unspecified atom stereocenters. The number of furan rings is 1. The van der Waals surface area contributed by atoms with Crippen LogP contribution in [0.2, 0.25) is 0 Å². The summed E-state index contributed by atoms with van der Waals surface area (Å²) in [6.07, 6.45) is 3.73. The first-order valence-electron chi connectivity index (χ1n) is 6.21. The van der Waals surface area contributed by atoms with Crippen molar-refractivity contribution in [1.29, 1.82) is 0 Å². The monoisotopic (exact) mass is 245 g/mol. The minimum Gasteiger partial charge on any atom is -0.472 e. The van der Waals surface area contributed by atoms with Crippen molar-refractivity contribution in [2.75, 3.05) is 11.9 Å². The molecule has 0 saturated heterocycles. The third-order valence-electron chi connectivity index (χ3n) is 3.09. The summed E-state index contributed by atoms with van der Waals surface area (Å²) >= 11 is 0. The van der Waals surface area contributed by atoms with Crippen LogP contribution < -0.4 is 4.90 Å². The minimum absolute atomic E-state index is 0.409. The zero-order valence-corrected chi connectivity index (χ0v) is 10.8. The van der Waals surface area contributed by atoms with Crippen LogP contribution in [0.4, 0.5) is 5.69 Å². The van der Waals surface area contributed by atoms with Gasteiger partial charge in [-0.15, -0.1) is 0 Å². The Labute approximate surface area is 108 Å². The Hall–Kier alpha value is -1.74. The fourth-order valence-corrected chi connectivity index (χ4v) is 2.08. The average Bonchev–Trinajstić information content (AvgIpc) is 2.90. The van der Waals surface area contributed by atoms with E-state index in [1.165, 1.54) is 0 Å². The predicted octanol–water partition coefficient (Wildman–Crippen LogP) is 3.36. The van der Waals surface area contributed by atoms with Crippen molar-refractivity contribution in [2.24, 2.45) is 0 Å². The quantitative estimate of drug-likeness (QED) is 0.877. The van der Waals surface area contributed by atoms with Crippen molar-refractivity contribution in [1.82, 2.24) is 0 Å². The summed E-state index contributed by atoms with van der Waals surface area (Å²) in [5.41, 5.74) is 3.16.